The Kier molecular flexibility index (Phi) is 4.14. The van der Waals surface area contributed by atoms with Crippen LogP contribution in [0.5, 0.6) is 5.75 Å². The molecule has 0 bridgehead atoms. The summed E-state index contributed by atoms with van der Waals surface area (Å²) in [5, 5.41) is 0. The smallest absolute Gasteiger partial charge is 0.406 e. The second-order valence-electron chi connectivity index (χ2n) is 4.87. The maximum absolute atomic E-state index is 12.3. The van der Waals surface area contributed by atoms with Crippen LogP contribution in [-0.4, -0.2) is 6.36 Å². The molecule has 2 N–H and O–H groups in total. The molecule has 0 aliphatic rings. The molecule has 0 saturated heterocycles. The van der Waals surface area contributed by atoms with E-state index in [4.69, 9.17) is 5.73 Å². The lowest BCUT2D eigenvalue weighted by Gasteiger charge is -2.19. The van der Waals surface area contributed by atoms with Crippen LogP contribution in [0, 0.1) is 0 Å². The minimum atomic E-state index is -4.68. The van der Waals surface area contributed by atoms with Gasteiger partial charge in [-0.05, 0) is 35.1 Å². The Labute approximate surface area is 105 Å². The minimum absolute atomic E-state index is 0.0410. The van der Waals surface area contributed by atoms with Gasteiger partial charge in [0.05, 0.1) is 0 Å². The van der Waals surface area contributed by atoms with Gasteiger partial charge in [-0.15, -0.1) is 13.2 Å². The number of hydrogen-bond donors (Lipinski definition) is 1. The largest absolute Gasteiger partial charge is 0.573 e. The molecule has 0 aliphatic heterocycles. The number of anilines is 1. The Balaban J connectivity index is 3.29. The quantitative estimate of drug-likeness (QED) is 0.818. The Bertz CT molecular complexity index is 396. The number of hydrogen-bond acceptors (Lipinski definition) is 2. The number of rotatable bonds is 3. The standard InChI is InChI=1S/C13H18F3NO/c1-7(2)10-5-9(18-13(14,15)16)6-11(8(3)4)12(10)17/h5-8H,17H2,1-4H3. The summed E-state index contributed by atoms with van der Waals surface area (Å²) in [6.07, 6.45) is -4.68. The zero-order valence-electron chi connectivity index (χ0n) is 10.9. The van der Waals surface area contributed by atoms with E-state index >= 15 is 0 Å². The predicted molar refractivity (Wildman–Crippen MR) is 65.7 cm³/mol. The zero-order valence-corrected chi connectivity index (χ0v) is 10.9. The average molecular weight is 261 g/mol. The fourth-order valence-corrected chi connectivity index (χ4v) is 1.82. The number of ether oxygens (including phenoxy) is 1. The van der Waals surface area contributed by atoms with Crippen LogP contribution in [0.2, 0.25) is 0 Å². The lowest BCUT2D eigenvalue weighted by molar-refractivity contribution is -0.274. The van der Waals surface area contributed by atoms with Gasteiger partial charge in [0.25, 0.3) is 0 Å². The topological polar surface area (TPSA) is 35.2 Å². The van der Waals surface area contributed by atoms with Crippen LogP contribution in [-0.2, 0) is 0 Å². The summed E-state index contributed by atoms with van der Waals surface area (Å²) in [4.78, 5) is 0. The van der Waals surface area contributed by atoms with E-state index in [0.717, 1.165) is 0 Å². The molecule has 0 aliphatic carbocycles. The number of halogens is 3. The molecular weight excluding hydrogens is 243 g/mol. The lowest BCUT2D eigenvalue weighted by Crippen LogP contribution is -2.18. The number of nitrogen functional groups attached to an aromatic ring is 1. The summed E-state index contributed by atoms with van der Waals surface area (Å²) >= 11 is 0. The first-order valence-corrected chi connectivity index (χ1v) is 5.81. The van der Waals surface area contributed by atoms with Gasteiger partial charge in [-0.1, -0.05) is 27.7 Å². The second kappa shape index (κ2) is 5.08. The van der Waals surface area contributed by atoms with Gasteiger partial charge in [0.1, 0.15) is 5.75 Å². The summed E-state index contributed by atoms with van der Waals surface area (Å²) in [5.41, 5.74) is 7.89. The molecule has 0 atom stereocenters. The van der Waals surface area contributed by atoms with Crippen LogP contribution < -0.4 is 10.5 Å². The third-order valence-corrected chi connectivity index (χ3v) is 2.70. The van der Waals surface area contributed by atoms with Crippen LogP contribution in [0.1, 0.15) is 50.7 Å². The monoisotopic (exact) mass is 261 g/mol. The van der Waals surface area contributed by atoms with Gasteiger partial charge in [0, 0.05) is 5.69 Å². The van der Waals surface area contributed by atoms with Crippen molar-refractivity contribution in [1.29, 1.82) is 0 Å². The summed E-state index contributed by atoms with van der Waals surface area (Å²) in [6.45, 7) is 7.53. The maximum Gasteiger partial charge on any atom is 0.573 e. The first-order chi connectivity index (χ1) is 8.11. The van der Waals surface area contributed by atoms with Gasteiger partial charge in [-0.3, -0.25) is 0 Å². The summed E-state index contributed by atoms with van der Waals surface area (Å²) in [5.74, 6) is -0.123. The second-order valence-corrected chi connectivity index (χ2v) is 4.87. The Hall–Kier alpha value is -1.39. The van der Waals surface area contributed by atoms with Crippen LogP contribution in [0.3, 0.4) is 0 Å². The molecule has 1 aromatic carbocycles. The molecule has 5 heteroatoms. The summed E-state index contributed by atoms with van der Waals surface area (Å²) in [6, 6.07) is 2.72. The molecular formula is C13H18F3NO. The van der Waals surface area contributed by atoms with Crippen molar-refractivity contribution in [2.75, 3.05) is 5.73 Å². The van der Waals surface area contributed by atoms with Gasteiger partial charge in [0.2, 0.25) is 0 Å². The molecule has 2 nitrogen and oxygen atoms in total. The van der Waals surface area contributed by atoms with Crippen molar-refractivity contribution in [3.8, 4) is 5.75 Å². The fraction of sp³-hybridized carbons (Fsp3) is 0.538. The van der Waals surface area contributed by atoms with Gasteiger partial charge in [-0.25, -0.2) is 0 Å². The van der Waals surface area contributed by atoms with E-state index in [1.807, 2.05) is 27.7 Å². The molecule has 0 fully saturated rings. The minimum Gasteiger partial charge on any atom is -0.406 e. The fourth-order valence-electron chi connectivity index (χ4n) is 1.82. The SMILES string of the molecule is CC(C)c1cc(OC(F)(F)F)cc(C(C)C)c1N. The van der Waals surface area contributed by atoms with Crippen LogP contribution in [0.25, 0.3) is 0 Å². The molecule has 0 amide bonds. The Morgan fingerprint density at radius 3 is 1.67 bits per heavy atom. The predicted octanol–water partition coefficient (Wildman–Crippen LogP) is 4.41. The molecule has 0 saturated carbocycles. The number of benzene rings is 1. The van der Waals surface area contributed by atoms with Crippen LogP contribution >= 0.6 is 0 Å². The molecule has 0 aromatic heterocycles. The van der Waals surface area contributed by atoms with Crippen molar-refractivity contribution >= 4 is 5.69 Å². The molecule has 0 unspecified atom stereocenters. The van der Waals surface area contributed by atoms with Crippen molar-refractivity contribution in [2.24, 2.45) is 0 Å². The zero-order chi connectivity index (χ0) is 14.1. The van der Waals surface area contributed by atoms with Gasteiger partial charge >= 0.3 is 6.36 Å². The number of nitrogens with two attached hydrogens (primary N) is 1. The van der Waals surface area contributed by atoms with Crippen LogP contribution in [0.15, 0.2) is 12.1 Å². The van der Waals surface area contributed by atoms with Crippen molar-refractivity contribution in [1.82, 2.24) is 0 Å². The Morgan fingerprint density at radius 1 is 1.00 bits per heavy atom. The number of alkyl halides is 3. The van der Waals surface area contributed by atoms with Crippen molar-refractivity contribution in [2.45, 2.75) is 45.9 Å². The van der Waals surface area contributed by atoms with E-state index in [0.29, 0.717) is 16.8 Å². The molecule has 1 rings (SSSR count). The highest BCUT2D eigenvalue weighted by Crippen LogP contribution is 2.36. The first-order valence-electron chi connectivity index (χ1n) is 5.81. The summed E-state index contributed by atoms with van der Waals surface area (Å²) < 4.78 is 40.7. The molecule has 102 valence electrons. The van der Waals surface area contributed by atoms with E-state index in [2.05, 4.69) is 4.74 Å². The van der Waals surface area contributed by atoms with E-state index < -0.39 is 6.36 Å². The highest BCUT2D eigenvalue weighted by Gasteiger charge is 2.31. The third kappa shape index (κ3) is 3.55. The van der Waals surface area contributed by atoms with Crippen molar-refractivity contribution in [3.05, 3.63) is 23.3 Å². The normalized spacial score (nSPS) is 12.3. The maximum atomic E-state index is 12.3. The highest BCUT2D eigenvalue weighted by atomic mass is 19.4. The lowest BCUT2D eigenvalue weighted by atomic mass is 9.92. The van der Waals surface area contributed by atoms with E-state index in [1.54, 1.807) is 0 Å². The molecule has 1 aromatic rings. The van der Waals surface area contributed by atoms with Gasteiger partial charge < -0.3 is 10.5 Å². The van der Waals surface area contributed by atoms with E-state index in [1.165, 1.54) is 12.1 Å². The van der Waals surface area contributed by atoms with Crippen LogP contribution in [0.4, 0.5) is 18.9 Å². The van der Waals surface area contributed by atoms with E-state index in [9.17, 15) is 13.2 Å². The summed E-state index contributed by atoms with van der Waals surface area (Å²) in [7, 11) is 0. The van der Waals surface area contributed by atoms with Crippen molar-refractivity contribution in [3.63, 3.8) is 0 Å². The van der Waals surface area contributed by atoms with E-state index in [-0.39, 0.29) is 17.6 Å². The third-order valence-electron chi connectivity index (χ3n) is 2.70. The van der Waals surface area contributed by atoms with Crippen molar-refractivity contribution < 1.29 is 17.9 Å². The average Bonchev–Trinajstić information content (AvgIpc) is 2.17. The highest BCUT2D eigenvalue weighted by molar-refractivity contribution is 5.59. The Morgan fingerprint density at radius 2 is 1.39 bits per heavy atom. The van der Waals surface area contributed by atoms with Gasteiger partial charge in [-0.2, -0.15) is 0 Å². The van der Waals surface area contributed by atoms with Gasteiger partial charge in [0.15, 0.2) is 0 Å². The molecule has 0 spiro atoms. The first kappa shape index (κ1) is 14.7. The molecule has 0 heterocycles. The molecule has 18 heavy (non-hydrogen) atoms. The molecule has 0 radical (unpaired) electrons.